The monoisotopic (exact) mass is 288 g/mol. The molecule has 0 N–H and O–H groups in total. The second kappa shape index (κ2) is 8.38. The van der Waals surface area contributed by atoms with Crippen molar-refractivity contribution in [3.05, 3.63) is 42.6 Å². The quantitative estimate of drug-likeness (QED) is 0.272. The predicted molar refractivity (Wildman–Crippen MR) is 76.0 cm³/mol. The Morgan fingerprint density at radius 2 is 2.05 bits per heavy atom. The van der Waals surface area contributed by atoms with Gasteiger partial charge in [-0.25, -0.2) is 9.59 Å². The minimum Gasteiger partial charge on any atom is -0.431 e. The van der Waals surface area contributed by atoms with Crippen LogP contribution in [0.2, 0.25) is 0 Å². The Bertz CT molecular complexity index is 549. The van der Waals surface area contributed by atoms with Crippen molar-refractivity contribution < 1.29 is 19.1 Å². The average Bonchev–Trinajstić information content (AvgIpc) is 2.48. The van der Waals surface area contributed by atoms with E-state index in [1.165, 1.54) is 11.1 Å². The molecule has 0 saturated carbocycles. The fraction of sp³-hybridized carbons (Fsp3) is 0.267. The van der Waals surface area contributed by atoms with Crippen molar-refractivity contribution >= 4 is 17.8 Å². The molecule has 0 fully saturated rings. The summed E-state index contributed by atoms with van der Waals surface area (Å²) in [7, 11) is 0. The number of benzene rings is 1. The molecule has 0 saturated heterocycles. The lowest BCUT2D eigenvalue weighted by molar-refractivity contribution is -0.134. The van der Waals surface area contributed by atoms with Gasteiger partial charge >= 0.3 is 12.1 Å². The summed E-state index contributed by atoms with van der Waals surface area (Å²) >= 11 is 0. The van der Waals surface area contributed by atoms with Crippen molar-refractivity contribution in [2.45, 2.75) is 26.4 Å². The molecule has 0 spiro atoms. The Morgan fingerprint density at radius 3 is 2.62 bits per heavy atom. The summed E-state index contributed by atoms with van der Waals surface area (Å²) in [5.74, 6) is -0.903. The molecule has 1 atom stereocenters. The highest BCUT2D eigenvalue weighted by atomic mass is 16.7. The van der Waals surface area contributed by atoms with Crippen LogP contribution in [0.15, 0.2) is 42.6 Å². The number of carbonyl (C=O) groups excluding carboxylic acids is 2. The molecule has 0 aliphatic carbocycles. The van der Waals surface area contributed by atoms with Crippen molar-refractivity contribution in [3.8, 4) is 6.19 Å². The second-order valence-corrected chi connectivity index (χ2v) is 4.13. The molecule has 1 aromatic carbocycles. The summed E-state index contributed by atoms with van der Waals surface area (Å²) in [4.78, 5) is 23.8. The molecule has 110 valence electrons. The van der Waals surface area contributed by atoms with Gasteiger partial charge in [-0.05, 0) is 25.5 Å². The Morgan fingerprint density at radius 1 is 1.38 bits per heavy atom. The van der Waals surface area contributed by atoms with Crippen molar-refractivity contribution in [3.63, 3.8) is 0 Å². The highest BCUT2D eigenvalue weighted by molar-refractivity contribution is 5.90. The highest BCUT2D eigenvalue weighted by Crippen LogP contribution is 2.12. The third-order valence-electron chi connectivity index (χ3n) is 2.56. The standard InChI is InChI=1S/C15H16N2O4/c1-3-12(2)20-15(19)21-14(18)9-10-17(11-16)13-7-5-4-6-8-13/h4-10,12H,3H2,1-2H3. The molecule has 1 rings (SSSR count). The van der Waals surface area contributed by atoms with Crippen molar-refractivity contribution in [2.75, 3.05) is 4.90 Å². The largest absolute Gasteiger partial charge is 0.516 e. The normalized spacial score (nSPS) is 11.5. The van der Waals surface area contributed by atoms with Gasteiger partial charge in [-0.3, -0.25) is 4.90 Å². The van der Waals surface area contributed by atoms with Crippen LogP contribution in [0.25, 0.3) is 0 Å². The molecule has 0 aliphatic rings. The molecule has 1 unspecified atom stereocenters. The lowest BCUT2D eigenvalue weighted by atomic mass is 10.3. The van der Waals surface area contributed by atoms with Gasteiger partial charge in [-0.1, -0.05) is 25.1 Å². The summed E-state index contributed by atoms with van der Waals surface area (Å²) in [6.45, 7) is 3.53. The number of rotatable bonds is 5. The van der Waals surface area contributed by atoms with Crippen molar-refractivity contribution in [1.82, 2.24) is 0 Å². The lowest BCUT2D eigenvalue weighted by Gasteiger charge is -2.10. The average molecular weight is 288 g/mol. The van der Waals surface area contributed by atoms with E-state index < -0.39 is 12.1 Å². The fourth-order valence-corrected chi connectivity index (χ4v) is 1.29. The van der Waals surface area contributed by atoms with Crippen LogP contribution in [0.5, 0.6) is 0 Å². The number of ether oxygens (including phenoxy) is 2. The zero-order chi connectivity index (χ0) is 15.7. The Hall–Kier alpha value is -2.81. The van der Waals surface area contributed by atoms with Crippen LogP contribution in [0.3, 0.4) is 0 Å². The number of para-hydroxylation sites is 1. The first kappa shape index (κ1) is 16.2. The van der Waals surface area contributed by atoms with Crippen LogP contribution in [0.4, 0.5) is 10.5 Å². The molecule has 21 heavy (non-hydrogen) atoms. The number of nitriles is 1. The van der Waals surface area contributed by atoms with E-state index in [0.29, 0.717) is 12.1 Å². The Labute approximate surface area is 123 Å². The van der Waals surface area contributed by atoms with E-state index in [1.54, 1.807) is 31.2 Å². The highest BCUT2D eigenvalue weighted by Gasteiger charge is 2.12. The molecule has 6 heteroatoms. The number of anilines is 1. The van der Waals surface area contributed by atoms with Gasteiger partial charge in [0.15, 0.2) is 6.19 Å². The van der Waals surface area contributed by atoms with Gasteiger partial charge in [0.25, 0.3) is 0 Å². The van der Waals surface area contributed by atoms with Crippen LogP contribution in [-0.4, -0.2) is 18.2 Å². The van der Waals surface area contributed by atoms with Crippen LogP contribution < -0.4 is 4.90 Å². The maximum absolute atomic E-state index is 11.4. The zero-order valence-electron chi connectivity index (χ0n) is 11.9. The SMILES string of the molecule is CCC(C)OC(=O)OC(=O)C=CN(C#N)c1ccccc1. The van der Waals surface area contributed by atoms with Gasteiger partial charge in [-0.2, -0.15) is 5.26 Å². The zero-order valence-corrected chi connectivity index (χ0v) is 11.9. The summed E-state index contributed by atoms with van der Waals surface area (Å²) in [6.07, 6.45) is 3.33. The number of esters is 1. The van der Waals surface area contributed by atoms with Gasteiger partial charge in [0, 0.05) is 12.3 Å². The lowest BCUT2D eigenvalue weighted by Crippen LogP contribution is -2.18. The van der Waals surface area contributed by atoms with Gasteiger partial charge in [-0.15, -0.1) is 0 Å². The van der Waals surface area contributed by atoms with Gasteiger partial charge in [0.05, 0.1) is 5.69 Å². The minimum absolute atomic E-state index is 0.325. The van der Waals surface area contributed by atoms with E-state index in [2.05, 4.69) is 4.74 Å². The van der Waals surface area contributed by atoms with Crippen LogP contribution in [-0.2, 0) is 14.3 Å². The van der Waals surface area contributed by atoms with Gasteiger partial charge < -0.3 is 9.47 Å². The molecule has 0 heterocycles. The summed E-state index contributed by atoms with van der Waals surface area (Å²) < 4.78 is 9.22. The predicted octanol–water partition coefficient (Wildman–Crippen LogP) is 2.97. The van der Waals surface area contributed by atoms with E-state index in [4.69, 9.17) is 10.00 Å². The Balaban J connectivity index is 2.57. The number of nitrogens with zero attached hydrogens (tertiary/aromatic N) is 2. The fourth-order valence-electron chi connectivity index (χ4n) is 1.29. The van der Waals surface area contributed by atoms with Crippen LogP contribution in [0, 0.1) is 11.5 Å². The number of carbonyl (C=O) groups is 2. The third-order valence-corrected chi connectivity index (χ3v) is 2.56. The smallest absolute Gasteiger partial charge is 0.431 e. The summed E-state index contributed by atoms with van der Waals surface area (Å²) in [5, 5.41) is 9.01. The summed E-state index contributed by atoms with van der Waals surface area (Å²) in [5.41, 5.74) is 0.589. The maximum atomic E-state index is 11.4. The second-order valence-electron chi connectivity index (χ2n) is 4.13. The minimum atomic E-state index is -1.05. The van der Waals surface area contributed by atoms with E-state index in [-0.39, 0.29) is 6.10 Å². The molecule has 1 aromatic rings. The first-order chi connectivity index (χ1) is 10.1. The van der Waals surface area contributed by atoms with Crippen molar-refractivity contribution in [2.24, 2.45) is 0 Å². The van der Waals surface area contributed by atoms with Gasteiger partial charge in [0.2, 0.25) is 0 Å². The van der Waals surface area contributed by atoms with Crippen molar-refractivity contribution in [1.29, 1.82) is 5.26 Å². The van der Waals surface area contributed by atoms with E-state index in [9.17, 15) is 9.59 Å². The van der Waals surface area contributed by atoms with Crippen LogP contribution in [0.1, 0.15) is 20.3 Å². The number of hydrogen-bond donors (Lipinski definition) is 0. The Kier molecular flexibility index (Phi) is 6.48. The molecule has 0 aliphatic heterocycles. The van der Waals surface area contributed by atoms with Gasteiger partial charge in [0.1, 0.15) is 6.10 Å². The summed E-state index contributed by atoms with van der Waals surface area (Å²) in [6, 6.07) is 8.73. The van der Waals surface area contributed by atoms with E-state index in [1.807, 2.05) is 19.2 Å². The topological polar surface area (TPSA) is 79.6 Å². The third kappa shape index (κ3) is 5.78. The molecule has 0 aromatic heterocycles. The maximum Gasteiger partial charge on any atom is 0.516 e. The van der Waals surface area contributed by atoms with E-state index in [0.717, 1.165) is 6.08 Å². The molecular formula is C15H16N2O4. The first-order valence-corrected chi connectivity index (χ1v) is 6.41. The van der Waals surface area contributed by atoms with Crippen LogP contribution >= 0.6 is 0 Å². The molecule has 6 nitrogen and oxygen atoms in total. The molecular weight excluding hydrogens is 272 g/mol. The number of hydrogen-bond acceptors (Lipinski definition) is 6. The molecule has 0 amide bonds. The molecule has 0 bridgehead atoms. The van der Waals surface area contributed by atoms with E-state index >= 15 is 0 Å². The molecule has 0 radical (unpaired) electrons. The first-order valence-electron chi connectivity index (χ1n) is 6.41.